The van der Waals surface area contributed by atoms with Gasteiger partial charge in [-0.25, -0.2) is 0 Å². The number of rotatable bonds is 7. The first-order valence-electron chi connectivity index (χ1n) is 8.46. The summed E-state index contributed by atoms with van der Waals surface area (Å²) in [6, 6.07) is 14.1. The van der Waals surface area contributed by atoms with Gasteiger partial charge < -0.3 is 9.88 Å². The molecule has 2 heterocycles. The first-order chi connectivity index (χ1) is 12.6. The molecule has 1 aromatic carbocycles. The molecule has 3 rings (SSSR count). The molecule has 0 aliphatic rings. The van der Waals surface area contributed by atoms with Crippen molar-refractivity contribution in [3.05, 3.63) is 53.4 Å². The topological polar surface area (TPSA) is 59.8 Å². The maximum absolute atomic E-state index is 12.5. The fourth-order valence-electron chi connectivity index (χ4n) is 2.70. The van der Waals surface area contributed by atoms with Crippen molar-refractivity contribution >= 4 is 29.0 Å². The Morgan fingerprint density at radius 1 is 1.19 bits per heavy atom. The molecule has 0 saturated heterocycles. The van der Waals surface area contributed by atoms with E-state index in [2.05, 4.69) is 29.4 Å². The lowest BCUT2D eigenvalue weighted by atomic mass is 9.96. The summed E-state index contributed by atoms with van der Waals surface area (Å²) in [5.74, 6) is 1.45. The quantitative estimate of drug-likeness (QED) is 0.620. The Labute approximate surface area is 161 Å². The Bertz CT molecular complexity index is 844. The Hall–Kier alpha value is -2.12. The van der Waals surface area contributed by atoms with Gasteiger partial charge in [0.05, 0.1) is 16.7 Å². The number of nitrogens with zero attached hydrogens (tertiary/aromatic N) is 3. The summed E-state index contributed by atoms with van der Waals surface area (Å²) in [5.41, 5.74) is 1.12. The number of carbonyl (C=O) groups excluding carboxylic acids is 1. The molecule has 1 N–H and O–H groups in total. The minimum absolute atomic E-state index is 0.00164. The number of carbonyl (C=O) groups is 1. The zero-order valence-electron chi connectivity index (χ0n) is 15.0. The molecule has 0 aliphatic heterocycles. The van der Waals surface area contributed by atoms with Crippen LogP contribution in [0.15, 0.2) is 53.0 Å². The molecular formula is C19H22N4OS2. The lowest BCUT2D eigenvalue weighted by molar-refractivity contribution is -0.119. The second-order valence-corrected chi connectivity index (χ2v) is 8.22. The summed E-state index contributed by atoms with van der Waals surface area (Å²) in [6.07, 6.45) is 0. The molecule has 7 heteroatoms. The molecule has 3 aromatic rings. The number of hydrogen-bond acceptors (Lipinski definition) is 5. The predicted octanol–water partition coefficient (Wildman–Crippen LogP) is 4.15. The molecule has 0 spiro atoms. The van der Waals surface area contributed by atoms with Gasteiger partial charge in [0.1, 0.15) is 0 Å². The maximum atomic E-state index is 12.5. The Morgan fingerprint density at radius 2 is 1.96 bits per heavy atom. The van der Waals surface area contributed by atoms with Gasteiger partial charge in [-0.05, 0) is 22.9 Å². The molecule has 1 unspecified atom stereocenters. The summed E-state index contributed by atoms with van der Waals surface area (Å²) in [7, 11) is 1.93. The van der Waals surface area contributed by atoms with E-state index in [0.717, 1.165) is 21.4 Å². The summed E-state index contributed by atoms with van der Waals surface area (Å²) in [6.45, 7) is 4.22. The van der Waals surface area contributed by atoms with Gasteiger partial charge in [0.2, 0.25) is 5.91 Å². The largest absolute Gasteiger partial charge is 0.348 e. The van der Waals surface area contributed by atoms with E-state index in [0.29, 0.717) is 11.7 Å². The van der Waals surface area contributed by atoms with E-state index < -0.39 is 0 Å². The van der Waals surface area contributed by atoms with E-state index in [1.54, 1.807) is 11.3 Å². The second-order valence-electron chi connectivity index (χ2n) is 6.33. The van der Waals surface area contributed by atoms with E-state index in [4.69, 9.17) is 0 Å². The fraction of sp³-hybridized carbons (Fsp3) is 0.316. The van der Waals surface area contributed by atoms with Crippen LogP contribution in [-0.4, -0.2) is 26.4 Å². The van der Waals surface area contributed by atoms with Crippen molar-refractivity contribution in [1.82, 2.24) is 20.1 Å². The summed E-state index contributed by atoms with van der Waals surface area (Å²) >= 11 is 3.03. The highest BCUT2D eigenvalue weighted by Gasteiger charge is 2.19. The molecule has 0 radical (unpaired) electrons. The Morgan fingerprint density at radius 3 is 2.62 bits per heavy atom. The molecule has 0 bridgehead atoms. The van der Waals surface area contributed by atoms with Crippen molar-refractivity contribution in [2.45, 2.75) is 25.0 Å². The molecular weight excluding hydrogens is 364 g/mol. The Balaban J connectivity index is 1.62. The highest BCUT2D eigenvalue weighted by Crippen LogP contribution is 2.26. The molecule has 0 fully saturated rings. The molecule has 1 amide bonds. The third-order valence-electron chi connectivity index (χ3n) is 4.05. The zero-order chi connectivity index (χ0) is 18.5. The minimum Gasteiger partial charge on any atom is -0.348 e. The van der Waals surface area contributed by atoms with Crippen LogP contribution < -0.4 is 5.32 Å². The van der Waals surface area contributed by atoms with Crippen LogP contribution in [0.5, 0.6) is 0 Å². The van der Waals surface area contributed by atoms with Gasteiger partial charge in [-0.1, -0.05) is 62.0 Å². The van der Waals surface area contributed by atoms with Gasteiger partial charge in [-0.3, -0.25) is 4.79 Å². The highest BCUT2D eigenvalue weighted by atomic mass is 32.2. The number of hydrogen-bond donors (Lipinski definition) is 1. The molecule has 5 nitrogen and oxygen atoms in total. The van der Waals surface area contributed by atoms with Crippen molar-refractivity contribution in [2.75, 3.05) is 5.75 Å². The molecule has 2 aromatic heterocycles. The molecule has 0 aliphatic carbocycles. The maximum Gasteiger partial charge on any atom is 0.230 e. The summed E-state index contributed by atoms with van der Waals surface area (Å²) < 4.78 is 1.93. The molecule has 1 atom stereocenters. The zero-order valence-corrected chi connectivity index (χ0v) is 16.7. The number of nitrogens with one attached hydrogen (secondary N) is 1. The van der Waals surface area contributed by atoms with Gasteiger partial charge in [0.15, 0.2) is 11.0 Å². The molecule has 0 saturated carbocycles. The number of thiophene rings is 1. The van der Waals surface area contributed by atoms with Crippen molar-refractivity contribution in [3.63, 3.8) is 0 Å². The monoisotopic (exact) mass is 386 g/mol. The molecule has 136 valence electrons. The number of amides is 1. The van der Waals surface area contributed by atoms with Gasteiger partial charge in [-0.15, -0.1) is 21.5 Å². The molecule has 26 heavy (non-hydrogen) atoms. The predicted molar refractivity (Wildman–Crippen MR) is 107 cm³/mol. The van der Waals surface area contributed by atoms with Crippen LogP contribution in [0.4, 0.5) is 0 Å². The van der Waals surface area contributed by atoms with Crippen LogP contribution in [0, 0.1) is 5.92 Å². The van der Waals surface area contributed by atoms with Crippen molar-refractivity contribution in [1.29, 1.82) is 0 Å². The van der Waals surface area contributed by atoms with Gasteiger partial charge in [0.25, 0.3) is 0 Å². The third kappa shape index (κ3) is 4.34. The lowest BCUT2D eigenvalue weighted by Crippen LogP contribution is -2.33. The van der Waals surface area contributed by atoms with Gasteiger partial charge in [-0.2, -0.15) is 0 Å². The third-order valence-corrected chi connectivity index (χ3v) is 5.94. The first-order valence-corrected chi connectivity index (χ1v) is 10.3. The highest BCUT2D eigenvalue weighted by molar-refractivity contribution is 7.99. The number of aromatic nitrogens is 3. The van der Waals surface area contributed by atoms with Crippen molar-refractivity contribution in [2.24, 2.45) is 13.0 Å². The van der Waals surface area contributed by atoms with E-state index in [1.807, 2.05) is 59.5 Å². The van der Waals surface area contributed by atoms with E-state index in [9.17, 15) is 4.79 Å². The van der Waals surface area contributed by atoms with E-state index >= 15 is 0 Å². The van der Waals surface area contributed by atoms with Crippen LogP contribution in [0.3, 0.4) is 0 Å². The van der Waals surface area contributed by atoms with Crippen LogP contribution in [0.25, 0.3) is 10.7 Å². The van der Waals surface area contributed by atoms with Crippen LogP contribution in [0.2, 0.25) is 0 Å². The van der Waals surface area contributed by atoms with Crippen LogP contribution >= 0.6 is 23.1 Å². The smallest absolute Gasteiger partial charge is 0.230 e. The van der Waals surface area contributed by atoms with E-state index in [1.165, 1.54) is 11.8 Å². The number of benzene rings is 1. The SMILES string of the molecule is CC(C)C(NC(=O)CSc1nnc(-c2cccs2)n1C)c1ccccc1. The van der Waals surface area contributed by atoms with Crippen molar-refractivity contribution in [3.8, 4) is 10.7 Å². The standard InChI is InChI=1S/C19H22N4OS2/c1-13(2)17(14-8-5-4-6-9-14)20-16(24)12-26-19-22-21-18(23(19)3)15-10-7-11-25-15/h4-11,13,17H,12H2,1-3H3,(H,20,24). The summed E-state index contributed by atoms with van der Waals surface area (Å²) in [4.78, 5) is 13.5. The lowest BCUT2D eigenvalue weighted by Gasteiger charge is -2.22. The van der Waals surface area contributed by atoms with Crippen molar-refractivity contribution < 1.29 is 4.79 Å². The second kappa shape index (κ2) is 8.51. The summed E-state index contributed by atoms with van der Waals surface area (Å²) in [5, 5.41) is 14.4. The average Bonchev–Trinajstić information content (AvgIpc) is 3.28. The van der Waals surface area contributed by atoms with Gasteiger partial charge >= 0.3 is 0 Å². The normalized spacial score (nSPS) is 12.3. The fourth-order valence-corrected chi connectivity index (χ4v) is 4.17. The van der Waals surface area contributed by atoms with E-state index in [-0.39, 0.29) is 11.9 Å². The first kappa shape index (κ1) is 18.7. The Kier molecular flexibility index (Phi) is 6.11. The van der Waals surface area contributed by atoms with Crippen LogP contribution in [0.1, 0.15) is 25.5 Å². The average molecular weight is 387 g/mol. The van der Waals surface area contributed by atoms with Crippen LogP contribution in [-0.2, 0) is 11.8 Å². The minimum atomic E-state index is -0.00164. The number of thioether (sulfide) groups is 1. The van der Waals surface area contributed by atoms with Gasteiger partial charge in [0, 0.05) is 7.05 Å².